The van der Waals surface area contributed by atoms with Crippen LogP contribution in [0, 0.1) is 0 Å². The molecule has 0 radical (unpaired) electrons. The molecule has 0 heterocycles. The summed E-state index contributed by atoms with van der Waals surface area (Å²) in [6.45, 7) is 0.414. The Kier molecular flexibility index (Phi) is 9.83. The van der Waals surface area contributed by atoms with Crippen molar-refractivity contribution in [2.24, 2.45) is 9.98 Å². The van der Waals surface area contributed by atoms with E-state index in [1.165, 1.54) is 12.2 Å². The highest BCUT2D eigenvalue weighted by Gasteiger charge is 2.04. The van der Waals surface area contributed by atoms with E-state index in [1.54, 1.807) is 0 Å². The number of alkyl halides is 1. The molecule has 0 saturated heterocycles. The van der Waals surface area contributed by atoms with Gasteiger partial charge < -0.3 is 0 Å². The summed E-state index contributed by atoms with van der Waals surface area (Å²) < 4.78 is 12.9. The first-order chi connectivity index (χ1) is 7.31. The maximum absolute atomic E-state index is 12.9. The first kappa shape index (κ1) is 13.7. The van der Waals surface area contributed by atoms with Gasteiger partial charge in [0.15, 0.2) is 0 Å². The zero-order chi connectivity index (χ0) is 11.4. The Morgan fingerprint density at radius 2 is 1.67 bits per heavy atom. The fourth-order valence-electron chi connectivity index (χ4n) is 1.18. The number of isocyanates is 2. The molecule has 0 aromatic heterocycles. The first-order valence-electron chi connectivity index (χ1n) is 5.02. The van der Waals surface area contributed by atoms with Crippen LogP contribution in [0.1, 0.15) is 32.1 Å². The Morgan fingerprint density at radius 3 is 2.33 bits per heavy atom. The molecular formula is C10H15FN2O2. The molecule has 4 nitrogen and oxygen atoms in total. The van der Waals surface area contributed by atoms with Gasteiger partial charge in [-0.2, -0.15) is 0 Å². The monoisotopic (exact) mass is 214 g/mol. The Hall–Kier alpha value is -1.31. The lowest BCUT2D eigenvalue weighted by atomic mass is 10.1. The third-order valence-corrected chi connectivity index (χ3v) is 1.96. The minimum absolute atomic E-state index is 0.0844. The van der Waals surface area contributed by atoms with Gasteiger partial charge in [-0.05, 0) is 12.8 Å². The molecule has 0 amide bonds. The summed E-state index contributed by atoms with van der Waals surface area (Å²) in [4.78, 5) is 26.0. The van der Waals surface area contributed by atoms with Crippen LogP contribution in [-0.4, -0.2) is 31.4 Å². The largest absolute Gasteiger partial charge is 0.245 e. The SMILES string of the molecule is O=C=NCCCCCCC(F)CN=C=O. The van der Waals surface area contributed by atoms with Crippen LogP contribution < -0.4 is 0 Å². The van der Waals surface area contributed by atoms with Gasteiger partial charge >= 0.3 is 0 Å². The second kappa shape index (κ2) is 10.8. The average molecular weight is 214 g/mol. The fraction of sp³-hybridized carbons (Fsp3) is 0.800. The normalized spacial score (nSPS) is 11.3. The number of nitrogens with zero attached hydrogens (tertiary/aromatic N) is 2. The standard InChI is InChI=1S/C10H15FN2O2/c11-10(7-13-9-15)5-3-1-2-4-6-12-8-14/h10H,1-7H2. The van der Waals surface area contributed by atoms with Gasteiger partial charge in [-0.15, -0.1) is 0 Å². The van der Waals surface area contributed by atoms with Crippen molar-refractivity contribution in [2.45, 2.75) is 38.3 Å². The maximum Gasteiger partial charge on any atom is 0.235 e. The van der Waals surface area contributed by atoms with Crippen LogP contribution in [0.25, 0.3) is 0 Å². The summed E-state index contributed by atoms with van der Waals surface area (Å²) in [6.07, 6.45) is 5.58. The van der Waals surface area contributed by atoms with E-state index in [2.05, 4.69) is 9.98 Å². The van der Waals surface area contributed by atoms with Gasteiger partial charge in [0.2, 0.25) is 12.2 Å². The van der Waals surface area contributed by atoms with Gasteiger partial charge in [-0.25, -0.2) is 24.0 Å². The highest BCUT2D eigenvalue weighted by Crippen LogP contribution is 2.08. The molecule has 0 bridgehead atoms. The van der Waals surface area contributed by atoms with Crippen molar-refractivity contribution in [2.75, 3.05) is 13.1 Å². The van der Waals surface area contributed by atoms with Crippen LogP contribution in [0.2, 0.25) is 0 Å². The predicted octanol–water partition coefficient (Wildman–Crippen LogP) is 1.95. The van der Waals surface area contributed by atoms with E-state index in [0.29, 0.717) is 13.0 Å². The number of hydrogen-bond acceptors (Lipinski definition) is 4. The molecule has 0 saturated carbocycles. The van der Waals surface area contributed by atoms with Crippen LogP contribution >= 0.6 is 0 Å². The number of carbonyl (C=O) groups excluding carboxylic acids is 2. The summed E-state index contributed by atoms with van der Waals surface area (Å²) in [5, 5.41) is 0. The Morgan fingerprint density at radius 1 is 1.00 bits per heavy atom. The summed E-state index contributed by atoms with van der Waals surface area (Å²) in [6, 6.07) is 0. The number of halogens is 1. The molecule has 0 spiro atoms. The number of rotatable bonds is 9. The van der Waals surface area contributed by atoms with Crippen molar-refractivity contribution in [1.82, 2.24) is 0 Å². The predicted molar refractivity (Wildman–Crippen MR) is 54.0 cm³/mol. The molecule has 0 aromatic carbocycles. The smallest absolute Gasteiger partial charge is 0.235 e. The summed E-state index contributed by atoms with van der Waals surface area (Å²) >= 11 is 0. The van der Waals surface area contributed by atoms with Crippen LogP contribution in [0.3, 0.4) is 0 Å². The quantitative estimate of drug-likeness (QED) is 0.334. The van der Waals surface area contributed by atoms with Gasteiger partial charge in [-0.1, -0.05) is 19.3 Å². The zero-order valence-electron chi connectivity index (χ0n) is 8.62. The topological polar surface area (TPSA) is 58.9 Å². The van der Waals surface area contributed by atoms with Crippen molar-refractivity contribution in [3.05, 3.63) is 0 Å². The van der Waals surface area contributed by atoms with Gasteiger partial charge in [0.05, 0.1) is 13.1 Å². The molecular weight excluding hydrogens is 199 g/mol. The average Bonchev–Trinajstić information content (AvgIpc) is 2.25. The lowest BCUT2D eigenvalue weighted by Crippen LogP contribution is -2.04. The van der Waals surface area contributed by atoms with Crippen molar-refractivity contribution in [1.29, 1.82) is 0 Å². The lowest BCUT2D eigenvalue weighted by Gasteiger charge is -2.03. The van der Waals surface area contributed by atoms with Crippen molar-refractivity contribution in [3.63, 3.8) is 0 Å². The first-order valence-corrected chi connectivity index (χ1v) is 5.02. The van der Waals surface area contributed by atoms with E-state index in [0.717, 1.165) is 25.7 Å². The zero-order valence-corrected chi connectivity index (χ0v) is 8.62. The van der Waals surface area contributed by atoms with E-state index in [-0.39, 0.29) is 6.54 Å². The molecule has 0 aliphatic heterocycles. The van der Waals surface area contributed by atoms with Crippen LogP contribution in [0.15, 0.2) is 9.98 Å². The van der Waals surface area contributed by atoms with Crippen molar-refractivity contribution < 1.29 is 14.0 Å². The van der Waals surface area contributed by atoms with Crippen LogP contribution in [0.5, 0.6) is 0 Å². The van der Waals surface area contributed by atoms with E-state index >= 15 is 0 Å². The van der Waals surface area contributed by atoms with Gasteiger partial charge in [-0.3, -0.25) is 0 Å². The summed E-state index contributed by atoms with van der Waals surface area (Å²) in [5.74, 6) is 0. The van der Waals surface area contributed by atoms with Crippen molar-refractivity contribution in [3.8, 4) is 0 Å². The number of unbranched alkanes of at least 4 members (excludes halogenated alkanes) is 3. The lowest BCUT2D eigenvalue weighted by molar-refractivity contribution is 0.312. The highest BCUT2D eigenvalue weighted by molar-refractivity contribution is 5.33. The van der Waals surface area contributed by atoms with E-state index in [9.17, 15) is 14.0 Å². The summed E-state index contributed by atoms with van der Waals surface area (Å²) in [5.41, 5.74) is 0. The van der Waals surface area contributed by atoms with Crippen LogP contribution in [0.4, 0.5) is 4.39 Å². The Labute approximate surface area is 88.3 Å². The Balaban J connectivity index is 3.22. The minimum Gasteiger partial charge on any atom is -0.245 e. The molecule has 0 N–H and O–H groups in total. The number of hydrogen-bond donors (Lipinski definition) is 0. The summed E-state index contributed by atoms with van der Waals surface area (Å²) in [7, 11) is 0. The fourth-order valence-corrected chi connectivity index (χ4v) is 1.18. The maximum atomic E-state index is 12.9. The third-order valence-electron chi connectivity index (χ3n) is 1.96. The molecule has 1 unspecified atom stereocenters. The van der Waals surface area contributed by atoms with Gasteiger partial charge in [0.1, 0.15) is 6.17 Å². The molecule has 1 atom stereocenters. The molecule has 0 rings (SSSR count). The Bertz CT molecular complexity index is 246. The van der Waals surface area contributed by atoms with Crippen LogP contribution in [-0.2, 0) is 9.59 Å². The molecule has 0 aliphatic rings. The molecule has 0 fully saturated rings. The van der Waals surface area contributed by atoms with Gasteiger partial charge in [0, 0.05) is 0 Å². The second-order valence-corrected chi connectivity index (χ2v) is 3.21. The number of aliphatic imine (C=N–C) groups is 2. The minimum atomic E-state index is -1.04. The molecule has 0 aromatic rings. The van der Waals surface area contributed by atoms with E-state index in [4.69, 9.17) is 0 Å². The third kappa shape index (κ3) is 10.6. The van der Waals surface area contributed by atoms with E-state index < -0.39 is 6.17 Å². The molecule has 15 heavy (non-hydrogen) atoms. The molecule has 0 aliphatic carbocycles. The van der Waals surface area contributed by atoms with E-state index in [1.807, 2.05) is 0 Å². The second-order valence-electron chi connectivity index (χ2n) is 3.21. The van der Waals surface area contributed by atoms with Gasteiger partial charge in [0.25, 0.3) is 0 Å². The molecule has 5 heteroatoms. The highest BCUT2D eigenvalue weighted by atomic mass is 19.1. The van der Waals surface area contributed by atoms with Crippen molar-refractivity contribution >= 4 is 12.2 Å². The molecule has 84 valence electrons.